The van der Waals surface area contributed by atoms with Gasteiger partial charge in [-0.15, -0.1) is 11.3 Å². The molecule has 0 radical (unpaired) electrons. The van der Waals surface area contributed by atoms with Crippen molar-refractivity contribution in [2.75, 3.05) is 5.73 Å². The summed E-state index contributed by atoms with van der Waals surface area (Å²) >= 11 is 4.72. The van der Waals surface area contributed by atoms with E-state index in [1.54, 1.807) is 0 Å². The first-order chi connectivity index (χ1) is 8.92. The number of benzene rings is 1. The predicted molar refractivity (Wildman–Crippen MR) is 76.9 cm³/mol. The maximum absolute atomic E-state index is 13.3. The SMILES string of the molecule is Nc1c(F)cccc1S(=O)(=O)NCc1sccc1Br. The number of thiophene rings is 1. The molecule has 0 atom stereocenters. The van der Waals surface area contributed by atoms with Crippen molar-refractivity contribution >= 4 is 43.0 Å². The molecule has 0 saturated carbocycles. The van der Waals surface area contributed by atoms with Crippen LogP contribution in [0.2, 0.25) is 0 Å². The quantitative estimate of drug-likeness (QED) is 0.819. The molecule has 1 aromatic carbocycles. The summed E-state index contributed by atoms with van der Waals surface area (Å²) < 4.78 is 40.6. The molecule has 2 rings (SSSR count). The van der Waals surface area contributed by atoms with Gasteiger partial charge in [0.05, 0.1) is 5.69 Å². The molecule has 0 amide bonds. The summed E-state index contributed by atoms with van der Waals surface area (Å²) in [5, 5.41) is 1.84. The molecule has 2 aromatic rings. The van der Waals surface area contributed by atoms with Crippen molar-refractivity contribution in [3.8, 4) is 0 Å². The monoisotopic (exact) mass is 364 g/mol. The van der Waals surface area contributed by atoms with Crippen molar-refractivity contribution in [1.29, 1.82) is 0 Å². The summed E-state index contributed by atoms with van der Waals surface area (Å²) in [6, 6.07) is 5.51. The van der Waals surface area contributed by atoms with Gasteiger partial charge in [-0.2, -0.15) is 0 Å². The molecule has 3 N–H and O–H groups in total. The molecule has 0 bridgehead atoms. The standard InChI is InChI=1S/C11H10BrFN2O2S2/c12-7-4-5-18-9(7)6-15-19(16,17)10-3-1-2-8(13)11(10)14/h1-5,15H,6,14H2. The maximum atomic E-state index is 13.3. The minimum absolute atomic E-state index is 0.122. The molecular weight excluding hydrogens is 355 g/mol. The number of sulfonamides is 1. The van der Waals surface area contributed by atoms with Crippen LogP contribution >= 0.6 is 27.3 Å². The molecule has 0 fully saturated rings. The largest absolute Gasteiger partial charge is 0.395 e. The summed E-state index contributed by atoms with van der Waals surface area (Å²) in [5.41, 5.74) is 5.07. The van der Waals surface area contributed by atoms with Gasteiger partial charge in [0.1, 0.15) is 10.7 Å². The summed E-state index contributed by atoms with van der Waals surface area (Å²) in [6.07, 6.45) is 0. The Kier molecular flexibility index (Phi) is 4.24. The molecule has 0 aliphatic heterocycles. The predicted octanol–water partition coefficient (Wildman–Crippen LogP) is 2.71. The fourth-order valence-electron chi connectivity index (χ4n) is 1.44. The first-order valence-corrected chi connectivity index (χ1v) is 8.33. The average Bonchev–Trinajstić information content (AvgIpc) is 2.76. The van der Waals surface area contributed by atoms with E-state index in [4.69, 9.17) is 5.73 Å². The Morgan fingerprint density at radius 3 is 2.74 bits per heavy atom. The van der Waals surface area contributed by atoms with E-state index in [1.807, 2.05) is 11.4 Å². The lowest BCUT2D eigenvalue weighted by atomic mass is 10.3. The Balaban J connectivity index is 2.24. The lowest BCUT2D eigenvalue weighted by molar-refractivity contribution is 0.579. The molecule has 0 aliphatic rings. The number of nitrogens with one attached hydrogen (secondary N) is 1. The molecule has 0 saturated heterocycles. The summed E-state index contributed by atoms with van der Waals surface area (Å²) in [6.45, 7) is 0.122. The van der Waals surface area contributed by atoms with Gasteiger partial charge < -0.3 is 5.73 Å². The lowest BCUT2D eigenvalue weighted by Gasteiger charge is -2.09. The van der Waals surface area contributed by atoms with Gasteiger partial charge in [-0.1, -0.05) is 6.07 Å². The molecule has 0 unspecified atom stereocenters. The molecule has 19 heavy (non-hydrogen) atoms. The van der Waals surface area contributed by atoms with Gasteiger partial charge in [-0.25, -0.2) is 17.5 Å². The fourth-order valence-corrected chi connectivity index (χ4v) is 4.10. The van der Waals surface area contributed by atoms with E-state index < -0.39 is 15.8 Å². The highest BCUT2D eigenvalue weighted by atomic mass is 79.9. The van der Waals surface area contributed by atoms with Crippen LogP contribution in [-0.4, -0.2) is 8.42 Å². The van der Waals surface area contributed by atoms with E-state index in [0.29, 0.717) is 0 Å². The second kappa shape index (κ2) is 5.58. The second-order valence-electron chi connectivity index (χ2n) is 3.67. The van der Waals surface area contributed by atoms with E-state index in [2.05, 4.69) is 20.7 Å². The zero-order valence-corrected chi connectivity index (χ0v) is 12.8. The Morgan fingerprint density at radius 1 is 1.37 bits per heavy atom. The fraction of sp³-hybridized carbons (Fsp3) is 0.0909. The van der Waals surface area contributed by atoms with Gasteiger partial charge >= 0.3 is 0 Å². The van der Waals surface area contributed by atoms with Crippen LogP contribution in [0.5, 0.6) is 0 Å². The number of para-hydroxylation sites is 1. The second-order valence-corrected chi connectivity index (χ2v) is 7.26. The third kappa shape index (κ3) is 3.14. The smallest absolute Gasteiger partial charge is 0.243 e. The van der Waals surface area contributed by atoms with Crippen LogP contribution in [0.3, 0.4) is 0 Å². The first-order valence-electron chi connectivity index (χ1n) is 5.17. The minimum Gasteiger partial charge on any atom is -0.395 e. The Bertz CT molecular complexity index is 700. The first kappa shape index (κ1) is 14.4. The van der Waals surface area contributed by atoms with Crippen molar-refractivity contribution in [1.82, 2.24) is 4.72 Å². The minimum atomic E-state index is -3.84. The van der Waals surface area contributed by atoms with Gasteiger partial charge in [-0.05, 0) is 39.5 Å². The van der Waals surface area contributed by atoms with Crippen LogP contribution in [0.1, 0.15) is 4.88 Å². The topological polar surface area (TPSA) is 72.2 Å². The summed E-state index contributed by atoms with van der Waals surface area (Å²) in [5.74, 6) is -0.750. The number of nitrogen functional groups attached to an aromatic ring is 1. The molecule has 1 aromatic heterocycles. The molecular formula is C11H10BrFN2O2S2. The van der Waals surface area contributed by atoms with E-state index >= 15 is 0 Å². The molecule has 8 heteroatoms. The van der Waals surface area contributed by atoms with E-state index in [9.17, 15) is 12.8 Å². The zero-order valence-electron chi connectivity index (χ0n) is 9.56. The molecule has 0 aliphatic carbocycles. The Hall–Kier alpha value is -0.960. The van der Waals surface area contributed by atoms with Crippen LogP contribution in [0.25, 0.3) is 0 Å². The summed E-state index contributed by atoms with van der Waals surface area (Å²) in [4.78, 5) is 0.582. The normalized spacial score (nSPS) is 11.7. The highest BCUT2D eigenvalue weighted by Gasteiger charge is 2.19. The third-order valence-electron chi connectivity index (χ3n) is 2.42. The molecule has 102 valence electrons. The van der Waals surface area contributed by atoms with Gasteiger partial charge in [0.25, 0.3) is 0 Å². The van der Waals surface area contributed by atoms with Crippen molar-refractivity contribution in [2.45, 2.75) is 11.4 Å². The van der Waals surface area contributed by atoms with E-state index in [0.717, 1.165) is 15.4 Å². The highest BCUT2D eigenvalue weighted by molar-refractivity contribution is 9.10. The van der Waals surface area contributed by atoms with Crippen molar-refractivity contribution in [2.24, 2.45) is 0 Å². The summed E-state index contributed by atoms with van der Waals surface area (Å²) in [7, 11) is -3.84. The maximum Gasteiger partial charge on any atom is 0.243 e. The molecule has 0 spiro atoms. The third-order valence-corrected chi connectivity index (χ3v) is 5.80. The number of rotatable bonds is 4. The number of nitrogens with two attached hydrogens (primary N) is 1. The van der Waals surface area contributed by atoms with Crippen LogP contribution in [0.4, 0.5) is 10.1 Å². The number of halogens is 2. The Morgan fingerprint density at radius 2 is 2.11 bits per heavy atom. The average molecular weight is 365 g/mol. The zero-order chi connectivity index (χ0) is 14.0. The van der Waals surface area contributed by atoms with Gasteiger partial charge in [0.2, 0.25) is 10.0 Å². The van der Waals surface area contributed by atoms with Crippen LogP contribution in [-0.2, 0) is 16.6 Å². The van der Waals surface area contributed by atoms with Crippen LogP contribution in [0.15, 0.2) is 39.0 Å². The van der Waals surface area contributed by atoms with Crippen molar-refractivity contribution in [3.63, 3.8) is 0 Å². The molecule has 4 nitrogen and oxygen atoms in total. The van der Waals surface area contributed by atoms with Crippen molar-refractivity contribution in [3.05, 3.63) is 44.8 Å². The number of hydrogen-bond donors (Lipinski definition) is 2. The molecule has 1 heterocycles. The van der Waals surface area contributed by atoms with Crippen molar-refractivity contribution < 1.29 is 12.8 Å². The van der Waals surface area contributed by atoms with E-state index in [-0.39, 0.29) is 17.1 Å². The van der Waals surface area contributed by atoms with Gasteiger partial charge in [0.15, 0.2) is 0 Å². The highest BCUT2D eigenvalue weighted by Crippen LogP contribution is 2.24. The van der Waals surface area contributed by atoms with Gasteiger partial charge in [-0.3, -0.25) is 0 Å². The van der Waals surface area contributed by atoms with Crippen LogP contribution < -0.4 is 10.5 Å². The van der Waals surface area contributed by atoms with Gasteiger partial charge in [0, 0.05) is 15.9 Å². The lowest BCUT2D eigenvalue weighted by Crippen LogP contribution is -2.24. The Labute approximate surface area is 122 Å². The van der Waals surface area contributed by atoms with Crippen LogP contribution in [0, 0.1) is 5.82 Å². The number of hydrogen-bond acceptors (Lipinski definition) is 4. The number of anilines is 1. The van der Waals surface area contributed by atoms with E-state index in [1.165, 1.54) is 23.5 Å².